The molecule has 0 saturated carbocycles. The van der Waals surface area contributed by atoms with Crippen LogP contribution in [0.1, 0.15) is 44.6 Å². The second-order valence-electron chi connectivity index (χ2n) is 5.77. The van der Waals surface area contributed by atoms with Crippen molar-refractivity contribution in [2.75, 3.05) is 0 Å². The van der Waals surface area contributed by atoms with Crippen molar-refractivity contribution in [3.63, 3.8) is 0 Å². The van der Waals surface area contributed by atoms with Gasteiger partial charge in [-0.15, -0.1) is 0 Å². The van der Waals surface area contributed by atoms with Crippen LogP contribution in [0, 0.1) is 0 Å². The maximum Gasteiger partial charge on any atom is 1.00 e. The van der Waals surface area contributed by atoms with Crippen molar-refractivity contribution in [3.8, 4) is 11.5 Å². The maximum absolute atomic E-state index is 11.4. The third-order valence-electron chi connectivity index (χ3n) is 3.86. The van der Waals surface area contributed by atoms with Gasteiger partial charge in [-0.3, -0.25) is 0 Å². The predicted molar refractivity (Wildman–Crippen MR) is 93.4 cm³/mol. The predicted octanol–water partition coefficient (Wildman–Crippen LogP) is 1.90. The van der Waals surface area contributed by atoms with Crippen molar-refractivity contribution in [1.82, 2.24) is 0 Å². The number of unbranched alkanes of at least 4 members (excludes halogenated alkanes) is 4. The van der Waals surface area contributed by atoms with Crippen LogP contribution in [0.5, 0.6) is 11.5 Å². The Morgan fingerprint density at radius 2 is 1.48 bits per heavy atom. The number of rotatable bonds is 9. The van der Waals surface area contributed by atoms with E-state index in [9.17, 15) is 13.0 Å². The third kappa shape index (κ3) is 7.50. The van der Waals surface area contributed by atoms with E-state index in [0.717, 1.165) is 24.8 Å². The summed E-state index contributed by atoms with van der Waals surface area (Å²) in [5.41, 5.74) is 1.02. The molecule has 0 unspecified atom stereocenters. The van der Waals surface area contributed by atoms with Gasteiger partial charge in [0.2, 0.25) is 0 Å². The van der Waals surface area contributed by atoms with Gasteiger partial charge in [0, 0.05) is 0 Å². The Kier molecular flexibility index (Phi) is 10.5. The molecule has 0 aromatic heterocycles. The third-order valence-corrected chi connectivity index (χ3v) is 4.74. The summed E-state index contributed by atoms with van der Waals surface area (Å²) in [5.74, 6) is 0.676. The van der Waals surface area contributed by atoms with E-state index in [-0.39, 0.29) is 62.0 Å². The molecule has 0 atom stereocenters. The molecule has 0 spiro atoms. The Morgan fingerprint density at radius 1 is 0.880 bits per heavy atom. The molecule has 0 N–H and O–H groups in total. The van der Waals surface area contributed by atoms with Gasteiger partial charge < -0.3 is 9.29 Å². The summed E-state index contributed by atoms with van der Waals surface area (Å²) in [6, 6.07) is 13.5. The molecule has 2 aromatic carbocycles. The van der Waals surface area contributed by atoms with E-state index in [1.165, 1.54) is 37.5 Å². The van der Waals surface area contributed by atoms with Crippen LogP contribution in [0.2, 0.25) is 0 Å². The van der Waals surface area contributed by atoms with E-state index in [1.807, 2.05) is 18.2 Å². The van der Waals surface area contributed by atoms with Gasteiger partial charge in [0.25, 0.3) is 0 Å². The quantitative estimate of drug-likeness (QED) is 0.375. The Bertz CT molecular complexity index is 760. The Hall–Kier alpha value is -0.214. The molecule has 2 aromatic rings. The minimum atomic E-state index is -4.57. The molecule has 0 aliphatic rings. The van der Waals surface area contributed by atoms with E-state index >= 15 is 0 Å². The molecule has 0 bridgehead atoms. The van der Waals surface area contributed by atoms with Crippen LogP contribution in [0.3, 0.4) is 0 Å². The fraction of sp³-hybridized carbons (Fsp3) is 0.368. The zero-order chi connectivity index (χ0) is 17.4. The molecule has 4 nitrogen and oxygen atoms in total. The largest absolute Gasteiger partial charge is 1.00 e. The molecule has 0 saturated heterocycles. The molecule has 0 aliphatic heterocycles. The van der Waals surface area contributed by atoms with Gasteiger partial charge in [0.15, 0.2) is 0 Å². The van der Waals surface area contributed by atoms with Crippen LogP contribution in [0.4, 0.5) is 0 Å². The fourth-order valence-electron chi connectivity index (χ4n) is 2.59. The maximum atomic E-state index is 11.4. The zero-order valence-corrected chi connectivity index (χ0v) is 18.8. The molecule has 0 radical (unpaired) electrons. The van der Waals surface area contributed by atoms with Gasteiger partial charge in [0.05, 0.1) is 4.90 Å². The standard InChI is InChI=1S/C19H24O4S.K/c1-2-3-4-5-6-11-16-12-7-8-13-17(16)23-18-14-9-10-15-19(18)24(20,21)22;/h7-10,12-15H,2-6,11H2,1H3,(H,20,21,22);/q;+1/p-1. The Labute approximate surface area is 193 Å². The van der Waals surface area contributed by atoms with Crippen molar-refractivity contribution in [2.24, 2.45) is 0 Å². The molecule has 0 amide bonds. The first-order valence-corrected chi connectivity index (χ1v) is 9.74. The van der Waals surface area contributed by atoms with Crippen LogP contribution < -0.4 is 56.1 Å². The zero-order valence-electron chi connectivity index (χ0n) is 14.9. The Morgan fingerprint density at radius 3 is 2.16 bits per heavy atom. The fourth-order valence-corrected chi connectivity index (χ4v) is 3.19. The summed E-state index contributed by atoms with van der Waals surface area (Å²) in [7, 11) is -4.57. The smallest absolute Gasteiger partial charge is 0.744 e. The van der Waals surface area contributed by atoms with Crippen molar-refractivity contribution in [2.45, 2.75) is 50.3 Å². The number of aryl methyl sites for hydroxylation is 1. The van der Waals surface area contributed by atoms with E-state index < -0.39 is 10.1 Å². The SMILES string of the molecule is CCCCCCCc1ccccc1Oc1ccccc1S(=O)(=O)[O-].[K+]. The minimum Gasteiger partial charge on any atom is -0.744 e. The second-order valence-corrected chi connectivity index (χ2v) is 7.12. The number of para-hydroxylation sites is 2. The molecule has 0 heterocycles. The van der Waals surface area contributed by atoms with Crippen LogP contribution in [0.25, 0.3) is 0 Å². The van der Waals surface area contributed by atoms with Crippen LogP contribution in [-0.2, 0) is 16.5 Å². The molecule has 0 aliphatic carbocycles. The molecular weight excluding hydrogens is 363 g/mol. The van der Waals surface area contributed by atoms with Crippen LogP contribution >= 0.6 is 0 Å². The van der Waals surface area contributed by atoms with E-state index in [2.05, 4.69) is 6.92 Å². The van der Waals surface area contributed by atoms with Crippen molar-refractivity contribution in [1.29, 1.82) is 0 Å². The number of hydrogen-bond donors (Lipinski definition) is 0. The molecule has 6 heteroatoms. The summed E-state index contributed by atoms with van der Waals surface area (Å²) in [5, 5.41) is 0. The van der Waals surface area contributed by atoms with Gasteiger partial charge in [-0.1, -0.05) is 62.9 Å². The first-order chi connectivity index (χ1) is 11.5. The molecular formula is C19H23KO4S. The van der Waals surface area contributed by atoms with Crippen LogP contribution in [-0.4, -0.2) is 13.0 Å². The summed E-state index contributed by atoms with van der Waals surface area (Å²) in [6.07, 6.45) is 6.76. The minimum absolute atomic E-state index is 0. The summed E-state index contributed by atoms with van der Waals surface area (Å²) < 4.78 is 39.9. The van der Waals surface area contributed by atoms with Crippen molar-refractivity contribution >= 4 is 10.1 Å². The van der Waals surface area contributed by atoms with Crippen molar-refractivity contribution < 1.29 is 69.1 Å². The monoisotopic (exact) mass is 386 g/mol. The van der Waals surface area contributed by atoms with Gasteiger partial charge in [-0.05, 0) is 36.6 Å². The van der Waals surface area contributed by atoms with Gasteiger partial charge in [-0.25, -0.2) is 8.42 Å². The number of benzene rings is 2. The van der Waals surface area contributed by atoms with Crippen molar-refractivity contribution in [3.05, 3.63) is 54.1 Å². The van der Waals surface area contributed by atoms with E-state index in [4.69, 9.17) is 4.74 Å². The van der Waals surface area contributed by atoms with Gasteiger partial charge in [0.1, 0.15) is 21.6 Å². The van der Waals surface area contributed by atoms with E-state index in [0.29, 0.717) is 5.75 Å². The molecule has 130 valence electrons. The van der Waals surface area contributed by atoms with Gasteiger partial charge >= 0.3 is 51.4 Å². The number of hydrogen-bond acceptors (Lipinski definition) is 4. The summed E-state index contributed by atoms with van der Waals surface area (Å²) in [4.78, 5) is -0.331. The Balaban J connectivity index is 0.00000312. The normalized spacial score (nSPS) is 11.0. The topological polar surface area (TPSA) is 66.4 Å². The van der Waals surface area contributed by atoms with Gasteiger partial charge in [-0.2, -0.15) is 0 Å². The average Bonchev–Trinajstić information content (AvgIpc) is 2.56. The average molecular weight is 387 g/mol. The van der Waals surface area contributed by atoms with E-state index in [1.54, 1.807) is 12.1 Å². The molecule has 2 rings (SSSR count). The first-order valence-electron chi connectivity index (χ1n) is 8.33. The number of ether oxygens (including phenoxy) is 1. The summed E-state index contributed by atoms with van der Waals surface area (Å²) >= 11 is 0. The first kappa shape index (κ1) is 22.8. The van der Waals surface area contributed by atoms with Crippen LogP contribution in [0.15, 0.2) is 53.4 Å². The second kappa shape index (κ2) is 11.5. The summed E-state index contributed by atoms with van der Waals surface area (Å²) in [6.45, 7) is 2.19. The molecule has 25 heavy (non-hydrogen) atoms. The molecule has 0 fully saturated rings.